The molecule has 2 saturated heterocycles. The molecule has 0 aromatic carbocycles. The van der Waals surface area contributed by atoms with E-state index >= 15 is 0 Å². The Labute approximate surface area is 241 Å². The summed E-state index contributed by atoms with van der Waals surface area (Å²) in [6.45, 7) is 1.27. The molecule has 5 N–H and O–H groups in total. The van der Waals surface area contributed by atoms with Gasteiger partial charge < -0.3 is 31.3 Å². The van der Waals surface area contributed by atoms with Crippen molar-refractivity contribution in [3.05, 3.63) is 47.9 Å². The molecule has 5 heterocycles. The average Bonchev–Trinajstić information content (AvgIpc) is 2.91. The van der Waals surface area contributed by atoms with Gasteiger partial charge in [0.2, 0.25) is 0 Å². The zero-order valence-electron chi connectivity index (χ0n) is 22.6. The number of pyridine rings is 2. The highest BCUT2D eigenvalue weighted by atomic mass is 19.4. The second-order valence-corrected chi connectivity index (χ2v) is 10.6. The second-order valence-electron chi connectivity index (χ2n) is 10.6. The molecule has 2 fully saturated rings. The van der Waals surface area contributed by atoms with Crippen molar-refractivity contribution in [1.29, 1.82) is 0 Å². The smallest absolute Gasteiger partial charge is 0.418 e. The fourth-order valence-corrected chi connectivity index (χ4v) is 4.94. The molecular formula is C26H26F5N9O3. The van der Waals surface area contributed by atoms with Crippen LogP contribution in [-0.4, -0.2) is 74.7 Å². The minimum atomic E-state index is -4.88. The number of carbonyl (C=O) groups is 2. The van der Waals surface area contributed by atoms with Crippen LogP contribution in [0.5, 0.6) is 0 Å². The second kappa shape index (κ2) is 10.8. The van der Waals surface area contributed by atoms with Gasteiger partial charge in [0.1, 0.15) is 17.2 Å². The van der Waals surface area contributed by atoms with Crippen LogP contribution in [0.1, 0.15) is 35.8 Å². The van der Waals surface area contributed by atoms with Gasteiger partial charge in [-0.05, 0) is 44.0 Å². The number of nitrogens with two attached hydrogens (primary N) is 1. The van der Waals surface area contributed by atoms with Gasteiger partial charge in [-0.15, -0.1) is 0 Å². The molecule has 228 valence electrons. The van der Waals surface area contributed by atoms with Crippen molar-refractivity contribution < 1.29 is 36.6 Å². The molecule has 0 saturated carbocycles. The summed E-state index contributed by atoms with van der Waals surface area (Å²) in [5.74, 6) is -4.27. The monoisotopic (exact) mass is 607 g/mol. The number of alkyl halides is 5. The SMILES string of the molecule is CC1(NC(=O)O)CCN(c2cccnc2NC(=O)c2nc(-c3nc(N4CC(F)(F)C4)ccc3C(F)(F)F)cnc2N)CC1. The number of halogens is 5. The highest BCUT2D eigenvalue weighted by Crippen LogP contribution is 2.39. The largest absolute Gasteiger partial charge is 0.465 e. The normalized spacial score (nSPS) is 17.6. The van der Waals surface area contributed by atoms with E-state index in [1.165, 1.54) is 6.20 Å². The zero-order valence-corrected chi connectivity index (χ0v) is 22.6. The number of amides is 2. The van der Waals surface area contributed by atoms with E-state index in [0.29, 0.717) is 37.7 Å². The quantitative estimate of drug-likeness (QED) is 0.303. The average molecular weight is 608 g/mol. The van der Waals surface area contributed by atoms with Crippen LogP contribution in [0.25, 0.3) is 11.4 Å². The number of nitrogen functional groups attached to an aromatic ring is 1. The Morgan fingerprint density at radius 1 is 1.05 bits per heavy atom. The Bertz CT molecular complexity index is 1550. The molecule has 0 atom stereocenters. The molecule has 43 heavy (non-hydrogen) atoms. The van der Waals surface area contributed by atoms with E-state index in [0.717, 1.165) is 17.2 Å². The van der Waals surface area contributed by atoms with Crippen LogP contribution in [0, 0.1) is 0 Å². The first-order chi connectivity index (χ1) is 20.1. The van der Waals surface area contributed by atoms with E-state index in [1.54, 1.807) is 19.1 Å². The summed E-state index contributed by atoms with van der Waals surface area (Å²) < 4.78 is 68.4. The summed E-state index contributed by atoms with van der Waals surface area (Å²) in [6.07, 6.45) is -2.71. The summed E-state index contributed by atoms with van der Waals surface area (Å²) in [5.41, 5.74) is 2.93. The fourth-order valence-electron chi connectivity index (χ4n) is 4.94. The van der Waals surface area contributed by atoms with Crippen LogP contribution in [0.15, 0.2) is 36.7 Å². The van der Waals surface area contributed by atoms with Gasteiger partial charge >= 0.3 is 12.3 Å². The summed E-state index contributed by atoms with van der Waals surface area (Å²) in [4.78, 5) is 43.5. The molecule has 3 aromatic rings. The maximum Gasteiger partial charge on any atom is 0.418 e. The third-order valence-electron chi connectivity index (χ3n) is 7.25. The standard InChI is InChI=1S/C26H26F5N9O3/c1-24(38-23(42)43)6-9-39(10-7-24)16-3-2-8-33-21(16)37-22(41)19-20(32)34-11-15(35-19)18-14(26(29,30)31)4-5-17(36-18)40-12-25(27,28)13-40/h2-5,8,11,38H,6-7,9-10,12-13H2,1H3,(H2,32,34)(H,42,43)(H,33,37,41). The van der Waals surface area contributed by atoms with Crippen LogP contribution in [0.3, 0.4) is 0 Å². The molecule has 12 nitrogen and oxygen atoms in total. The highest BCUT2D eigenvalue weighted by Gasteiger charge is 2.45. The lowest BCUT2D eigenvalue weighted by Crippen LogP contribution is -2.56. The fraction of sp³-hybridized carbons (Fsp3) is 0.385. The minimum Gasteiger partial charge on any atom is -0.465 e. The molecule has 0 bridgehead atoms. The third kappa shape index (κ3) is 6.34. The maximum atomic E-state index is 13.9. The maximum absolute atomic E-state index is 13.9. The van der Waals surface area contributed by atoms with Gasteiger partial charge in [-0.25, -0.2) is 33.5 Å². The van der Waals surface area contributed by atoms with Crippen LogP contribution < -0.4 is 26.2 Å². The molecule has 0 radical (unpaired) electrons. The number of carboxylic acid groups (broad SMARTS) is 1. The lowest BCUT2D eigenvalue weighted by Gasteiger charge is -2.40. The Morgan fingerprint density at radius 3 is 2.37 bits per heavy atom. The van der Waals surface area contributed by atoms with E-state index in [1.807, 2.05) is 4.90 Å². The Morgan fingerprint density at radius 2 is 1.74 bits per heavy atom. The van der Waals surface area contributed by atoms with Crippen LogP contribution in [-0.2, 0) is 6.18 Å². The number of nitrogens with one attached hydrogen (secondary N) is 2. The van der Waals surface area contributed by atoms with E-state index in [2.05, 4.69) is 30.6 Å². The van der Waals surface area contributed by atoms with E-state index < -0.39 is 65.4 Å². The van der Waals surface area contributed by atoms with Crippen molar-refractivity contribution in [3.8, 4) is 11.4 Å². The highest BCUT2D eigenvalue weighted by molar-refractivity contribution is 6.06. The van der Waals surface area contributed by atoms with E-state index in [9.17, 15) is 31.5 Å². The molecule has 2 amide bonds. The minimum absolute atomic E-state index is 0.115. The van der Waals surface area contributed by atoms with Crippen molar-refractivity contribution in [1.82, 2.24) is 25.3 Å². The number of hydrogen-bond acceptors (Lipinski definition) is 9. The molecular weight excluding hydrogens is 581 g/mol. The van der Waals surface area contributed by atoms with E-state index in [4.69, 9.17) is 10.8 Å². The van der Waals surface area contributed by atoms with Crippen LogP contribution in [0.2, 0.25) is 0 Å². The molecule has 2 aliphatic heterocycles. The summed E-state index contributed by atoms with van der Waals surface area (Å²) in [7, 11) is 0. The number of nitrogens with zero attached hydrogens (tertiary/aromatic N) is 6. The molecule has 5 rings (SSSR count). The topological polar surface area (TPSA) is 162 Å². The van der Waals surface area contributed by atoms with Crippen molar-refractivity contribution in [3.63, 3.8) is 0 Å². The third-order valence-corrected chi connectivity index (χ3v) is 7.25. The summed E-state index contributed by atoms with van der Waals surface area (Å²) >= 11 is 0. The number of carbonyl (C=O) groups excluding carboxylic acids is 1. The van der Waals surface area contributed by atoms with Crippen molar-refractivity contribution >= 4 is 35.1 Å². The van der Waals surface area contributed by atoms with Crippen molar-refractivity contribution in [2.24, 2.45) is 0 Å². The number of rotatable bonds is 6. The zero-order chi connectivity index (χ0) is 31.2. The molecule has 2 aliphatic rings. The molecule has 0 spiro atoms. The molecule has 0 aliphatic carbocycles. The van der Waals surface area contributed by atoms with Gasteiger partial charge in [-0.1, -0.05) is 0 Å². The number of hydrogen-bond donors (Lipinski definition) is 4. The summed E-state index contributed by atoms with van der Waals surface area (Å²) in [6, 6.07) is 5.05. The molecule has 0 unspecified atom stereocenters. The number of aromatic nitrogens is 4. The Balaban J connectivity index is 1.41. The molecule has 17 heteroatoms. The van der Waals surface area contributed by atoms with Gasteiger partial charge in [-0.3, -0.25) is 4.79 Å². The number of anilines is 4. The molecule has 3 aromatic heterocycles. The van der Waals surface area contributed by atoms with Crippen LogP contribution >= 0.6 is 0 Å². The van der Waals surface area contributed by atoms with Gasteiger partial charge in [0, 0.05) is 24.8 Å². The van der Waals surface area contributed by atoms with Gasteiger partial charge in [-0.2, -0.15) is 13.2 Å². The van der Waals surface area contributed by atoms with Crippen molar-refractivity contribution in [2.45, 2.75) is 37.4 Å². The predicted octanol–water partition coefficient (Wildman–Crippen LogP) is 3.87. The Kier molecular flexibility index (Phi) is 7.43. The lowest BCUT2D eigenvalue weighted by molar-refractivity contribution is -0.137. The van der Waals surface area contributed by atoms with Crippen molar-refractivity contribution in [2.75, 3.05) is 47.0 Å². The Hall–Kier alpha value is -4.83. The summed E-state index contributed by atoms with van der Waals surface area (Å²) in [5, 5.41) is 14.2. The first-order valence-corrected chi connectivity index (χ1v) is 13.0. The van der Waals surface area contributed by atoms with E-state index in [-0.39, 0.29) is 17.5 Å². The number of piperidine rings is 1. The van der Waals surface area contributed by atoms with Gasteiger partial charge in [0.05, 0.1) is 30.5 Å². The first kappa shape index (κ1) is 29.7. The first-order valence-electron chi connectivity index (χ1n) is 13.0. The predicted molar refractivity (Wildman–Crippen MR) is 145 cm³/mol. The van der Waals surface area contributed by atoms with Crippen LogP contribution in [0.4, 0.5) is 49.9 Å². The van der Waals surface area contributed by atoms with Gasteiger partial charge in [0.15, 0.2) is 17.3 Å². The van der Waals surface area contributed by atoms with Gasteiger partial charge in [0.25, 0.3) is 11.8 Å². The lowest BCUT2D eigenvalue weighted by atomic mass is 9.89.